The highest BCUT2D eigenvalue weighted by atomic mass is 32.1. The summed E-state index contributed by atoms with van der Waals surface area (Å²) in [5, 5.41) is 23.1. The first kappa shape index (κ1) is 22.7. The minimum atomic E-state index is -1.17. The fraction of sp³-hybridized carbons (Fsp3) is 0.136. The molecule has 3 aromatic rings. The van der Waals surface area contributed by atoms with E-state index in [1.807, 2.05) is 0 Å². The summed E-state index contributed by atoms with van der Waals surface area (Å²) < 4.78 is 6.20. The van der Waals surface area contributed by atoms with Crippen molar-refractivity contribution in [1.82, 2.24) is 4.57 Å². The van der Waals surface area contributed by atoms with Crippen molar-refractivity contribution in [2.75, 3.05) is 7.11 Å². The number of hydrogen-bond acceptors (Lipinski definition) is 9. The number of nitro benzene ring substituents is 2. The monoisotopic (exact) mass is 480 g/mol. The zero-order chi connectivity index (χ0) is 24.6. The first-order valence-corrected chi connectivity index (χ1v) is 10.6. The van der Waals surface area contributed by atoms with Gasteiger partial charge in [0, 0.05) is 12.1 Å². The van der Waals surface area contributed by atoms with Crippen molar-refractivity contribution in [3.8, 4) is 0 Å². The third kappa shape index (κ3) is 3.79. The molecule has 1 aliphatic heterocycles. The molecule has 0 saturated heterocycles. The maximum absolute atomic E-state index is 13.5. The standard InChI is InChI=1S/C22H16N4O7S/c1-12-18(21(28)33-2)19(14-8-4-6-10-16(14)26(31)32)24-20(27)17(34-22(24)23-12)11-13-7-3-5-9-15(13)25(29)30/h3-11,19H,1-2H3. The summed E-state index contributed by atoms with van der Waals surface area (Å²) in [6.07, 6.45) is 1.37. The zero-order valence-electron chi connectivity index (χ0n) is 17.8. The minimum Gasteiger partial charge on any atom is -0.466 e. The number of rotatable bonds is 5. The van der Waals surface area contributed by atoms with Crippen LogP contribution in [0, 0.1) is 20.2 Å². The average Bonchev–Trinajstić information content (AvgIpc) is 3.12. The second-order valence-electron chi connectivity index (χ2n) is 7.21. The Morgan fingerprint density at radius 1 is 1.09 bits per heavy atom. The molecular formula is C22H16N4O7S. The maximum Gasteiger partial charge on any atom is 0.338 e. The van der Waals surface area contributed by atoms with Gasteiger partial charge < -0.3 is 4.74 Å². The number of carbonyl (C=O) groups excluding carboxylic acids is 1. The molecule has 0 fully saturated rings. The molecule has 11 nitrogen and oxygen atoms in total. The Labute approximate surface area is 194 Å². The van der Waals surface area contributed by atoms with Crippen LogP contribution in [0.25, 0.3) is 6.08 Å². The van der Waals surface area contributed by atoms with E-state index in [4.69, 9.17) is 4.74 Å². The van der Waals surface area contributed by atoms with Crippen LogP contribution in [0.3, 0.4) is 0 Å². The number of hydrogen-bond donors (Lipinski definition) is 0. The Balaban J connectivity index is 2.05. The molecule has 0 amide bonds. The molecule has 172 valence electrons. The Hall–Kier alpha value is -4.45. The van der Waals surface area contributed by atoms with Gasteiger partial charge in [-0.1, -0.05) is 35.6 Å². The van der Waals surface area contributed by atoms with Gasteiger partial charge in [0.05, 0.1) is 43.9 Å². The first-order valence-electron chi connectivity index (χ1n) is 9.82. The number of allylic oxidation sites excluding steroid dienone is 1. The molecule has 4 rings (SSSR count). The van der Waals surface area contributed by atoms with Gasteiger partial charge in [0.15, 0.2) is 4.80 Å². The molecule has 0 aliphatic carbocycles. The van der Waals surface area contributed by atoms with Gasteiger partial charge in [0.25, 0.3) is 16.9 Å². The van der Waals surface area contributed by atoms with E-state index >= 15 is 0 Å². The number of ether oxygens (including phenoxy) is 1. The van der Waals surface area contributed by atoms with Gasteiger partial charge in [-0.25, -0.2) is 9.79 Å². The highest BCUT2D eigenvalue weighted by Gasteiger charge is 2.36. The fourth-order valence-electron chi connectivity index (χ4n) is 3.79. The Morgan fingerprint density at radius 2 is 1.71 bits per heavy atom. The third-order valence-corrected chi connectivity index (χ3v) is 6.26. The summed E-state index contributed by atoms with van der Waals surface area (Å²) >= 11 is 0.964. The first-order chi connectivity index (χ1) is 16.2. The van der Waals surface area contributed by atoms with Gasteiger partial charge in [0.1, 0.15) is 6.04 Å². The molecule has 1 unspecified atom stereocenters. The van der Waals surface area contributed by atoms with Gasteiger partial charge >= 0.3 is 5.97 Å². The molecule has 1 atom stereocenters. The van der Waals surface area contributed by atoms with Gasteiger partial charge in [-0.15, -0.1) is 0 Å². The van der Waals surface area contributed by atoms with Crippen LogP contribution in [-0.2, 0) is 9.53 Å². The second-order valence-corrected chi connectivity index (χ2v) is 8.21. The van der Waals surface area contributed by atoms with Crippen molar-refractivity contribution in [2.45, 2.75) is 13.0 Å². The van der Waals surface area contributed by atoms with Gasteiger partial charge in [-0.2, -0.15) is 0 Å². The van der Waals surface area contributed by atoms with E-state index in [0.29, 0.717) is 0 Å². The fourth-order valence-corrected chi connectivity index (χ4v) is 4.83. The second kappa shape index (κ2) is 8.83. The van der Waals surface area contributed by atoms with E-state index in [0.717, 1.165) is 11.3 Å². The molecule has 2 heterocycles. The SMILES string of the molecule is COC(=O)C1=C(C)N=c2sc(=Cc3ccccc3[N+](=O)[O-])c(=O)n2C1c1ccccc1[N+](=O)[O-]. The molecule has 1 aromatic heterocycles. The average molecular weight is 480 g/mol. The molecule has 12 heteroatoms. The van der Waals surface area contributed by atoms with E-state index in [2.05, 4.69) is 4.99 Å². The number of thiazole rings is 1. The molecule has 2 aromatic carbocycles. The molecule has 0 saturated carbocycles. The Bertz CT molecular complexity index is 1570. The summed E-state index contributed by atoms with van der Waals surface area (Å²) in [5.41, 5.74) is -0.509. The summed E-state index contributed by atoms with van der Waals surface area (Å²) in [4.78, 5) is 52.7. The van der Waals surface area contributed by atoms with Crippen molar-refractivity contribution in [3.63, 3.8) is 0 Å². The highest BCUT2D eigenvalue weighted by Crippen LogP contribution is 2.35. The number of para-hydroxylation sites is 2. The number of benzene rings is 2. The number of aromatic nitrogens is 1. The lowest BCUT2D eigenvalue weighted by Gasteiger charge is -2.24. The summed E-state index contributed by atoms with van der Waals surface area (Å²) in [7, 11) is 1.17. The van der Waals surface area contributed by atoms with Crippen molar-refractivity contribution in [2.24, 2.45) is 4.99 Å². The Kier molecular flexibility index (Phi) is 5.90. The number of esters is 1. The number of nitro groups is 2. The van der Waals surface area contributed by atoms with Crippen LogP contribution < -0.4 is 14.9 Å². The summed E-state index contributed by atoms with van der Waals surface area (Å²) in [5.74, 6) is -0.780. The molecule has 0 N–H and O–H groups in total. The lowest BCUT2D eigenvalue weighted by Crippen LogP contribution is -2.40. The lowest BCUT2D eigenvalue weighted by molar-refractivity contribution is -0.385. The molecule has 34 heavy (non-hydrogen) atoms. The van der Waals surface area contributed by atoms with Crippen molar-refractivity contribution < 1.29 is 19.4 Å². The smallest absolute Gasteiger partial charge is 0.338 e. The minimum absolute atomic E-state index is 0.0126. The molecular weight excluding hydrogens is 464 g/mol. The van der Waals surface area contributed by atoms with Crippen molar-refractivity contribution in [1.29, 1.82) is 0 Å². The molecule has 0 spiro atoms. The van der Waals surface area contributed by atoms with E-state index in [1.54, 1.807) is 19.1 Å². The van der Waals surface area contributed by atoms with E-state index in [1.165, 1.54) is 54.2 Å². The number of nitrogens with zero attached hydrogens (tertiary/aromatic N) is 4. The number of carbonyl (C=O) groups is 1. The Morgan fingerprint density at radius 3 is 2.35 bits per heavy atom. The normalized spacial score (nSPS) is 15.5. The molecule has 0 radical (unpaired) electrons. The predicted octanol–water partition coefficient (Wildman–Crippen LogP) is 2.22. The lowest BCUT2D eigenvalue weighted by atomic mass is 9.94. The molecule has 0 bridgehead atoms. The van der Waals surface area contributed by atoms with E-state index < -0.39 is 27.4 Å². The highest BCUT2D eigenvalue weighted by molar-refractivity contribution is 7.07. The summed E-state index contributed by atoms with van der Waals surface area (Å²) in [6.45, 7) is 1.55. The quantitative estimate of drug-likeness (QED) is 0.309. The van der Waals surface area contributed by atoms with Gasteiger partial charge in [-0.3, -0.25) is 29.6 Å². The topological polar surface area (TPSA) is 147 Å². The third-order valence-electron chi connectivity index (χ3n) is 5.28. The summed E-state index contributed by atoms with van der Waals surface area (Å²) in [6, 6.07) is 10.6. The molecule has 1 aliphatic rings. The van der Waals surface area contributed by atoms with Crippen LogP contribution in [0.5, 0.6) is 0 Å². The zero-order valence-corrected chi connectivity index (χ0v) is 18.6. The number of methoxy groups -OCH3 is 1. The van der Waals surface area contributed by atoms with Crippen LogP contribution in [0.2, 0.25) is 0 Å². The predicted molar refractivity (Wildman–Crippen MR) is 122 cm³/mol. The van der Waals surface area contributed by atoms with Crippen molar-refractivity contribution in [3.05, 3.63) is 111 Å². The van der Waals surface area contributed by atoms with Crippen LogP contribution >= 0.6 is 11.3 Å². The number of fused-ring (bicyclic) bond motifs is 1. The van der Waals surface area contributed by atoms with E-state index in [9.17, 15) is 29.8 Å². The van der Waals surface area contributed by atoms with Crippen LogP contribution in [-0.4, -0.2) is 27.5 Å². The van der Waals surface area contributed by atoms with E-state index in [-0.39, 0.29) is 43.1 Å². The van der Waals surface area contributed by atoms with Crippen LogP contribution in [0.1, 0.15) is 24.1 Å². The maximum atomic E-state index is 13.5. The van der Waals surface area contributed by atoms with Crippen molar-refractivity contribution >= 4 is 34.8 Å². The van der Waals surface area contributed by atoms with Crippen LogP contribution in [0.4, 0.5) is 11.4 Å². The van der Waals surface area contributed by atoms with Crippen LogP contribution in [0.15, 0.2) is 69.6 Å². The largest absolute Gasteiger partial charge is 0.466 e. The van der Waals surface area contributed by atoms with Gasteiger partial charge in [-0.05, 0) is 25.1 Å². The van der Waals surface area contributed by atoms with Gasteiger partial charge in [0.2, 0.25) is 0 Å².